The minimum absolute atomic E-state index is 0.0876. The van der Waals surface area contributed by atoms with Crippen molar-refractivity contribution in [2.24, 2.45) is 0 Å². The molecular formula is C19H18FN3O2. The number of nitrogens with one attached hydrogen (secondary N) is 1. The van der Waals surface area contributed by atoms with Gasteiger partial charge in [0.2, 0.25) is 5.91 Å². The van der Waals surface area contributed by atoms with Crippen molar-refractivity contribution in [1.29, 1.82) is 0 Å². The van der Waals surface area contributed by atoms with E-state index < -0.39 is 5.82 Å². The van der Waals surface area contributed by atoms with Crippen LogP contribution in [0.2, 0.25) is 0 Å². The monoisotopic (exact) mass is 339 g/mol. The third kappa shape index (κ3) is 4.44. The summed E-state index contributed by atoms with van der Waals surface area (Å²) in [6.45, 7) is 0.625. The summed E-state index contributed by atoms with van der Waals surface area (Å²) < 4.78 is 20.4. The Morgan fingerprint density at radius 1 is 1.20 bits per heavy atom. The van der Waals surface area contributed by atoms with Gasteiger partial charge in [-0.05, 0) is 41.5 Å². The summed E-state index contributed by atoms with van der Waals surface area (Å²) in [5.41, 5.74) is 2.31. The normalized spacial score (nSPS) is 10.5. The molecule has 128 valence electrons. The molecule has 3 rings (SSSR count). The minimum Gasteiger partial charge on any atom is -0.494 e. The highest BCUT2D eigenvalue weighted by Crippen LogP contribution is 2.18. The second-order valence-corrected chi connectivity index (χ2v) is 5.60. The van der Waals surface area contributed by atoms with Crippen LogP contribution < -0.4 is 10.1 Å². The first-order chi connectivity index (χ1) is 12.1. The van der Waals surface area contributed by atoms with Crippen molar-refractivity contribution in [3.8, 4) is 5.75 Å². The van der Waals surface area contributed by atoms with Gasteiger partial charge in [-0.15, -0.1) is 0 Å². The van der Waals surface area contributed by atoms with Crippen LogP contribution in [0, 0.1) is 5.82 Å². The second-order valence-electron chi connectivity index (χ2n) is 5.60. The molecule has 2 aromatic carbocycles. The van der Waals surface area contributed by atoms with Gasteiger partial charge in [0.15, 0.2) is 11.6 Å². The fraction of sp³-hybridized carbons (Fsp3) is 0.158. The van der Waals surface area contributed by atoms with E-state index in [0.29, 0.717) is 17.8 Å². The Kier molecular flexibility index (Phi) is 5.09. The maximum absolute atomic E-state index is 13.7. The molecule has 1 N–H and O–H groups in total. The van der Waals surface area contributed by atoms with E-state index in [2.05, 4.69) is 10.4 Å². The van der Waals surface area contributed by atoms with Gasteiger partial charge < -0.3 is 10.1 Å². The lowest BCUT2D eigenvalue weighted by Gasteiger charge is -2.09. The van der Waals surface area contributed by atoms with Crippen LogP contribution in [0.5, 0.6) is 5.75 Å². The van der Waals surface area contributed by atoms with Gasteiger partial charge in [0.05, 0.1) is 20.1 Å². The van der Waals surface area contributed by atoms with Crippen LogP contribution in [0.4, 0.5) is 10.1 Å². The second kappa shape index (κ2) is 7.61. The van der Waals surface area contributed by atoms with E-state index in [9.17, 15) is 9.18 Å². The van der Waals surface area contributed by atoms with Gasteiger partial charge in [-0.1, -0.05) is 18.2 Å². The molecule has 0 aliphatic carbocycles. The van der Waals surface area contributed by atoms with Gasteiger partial charge in [-0.3, -0.25) is 9.48 Å². The molecule has 6 heteroatoms. The molecule has 0 fully saturated rings. The number of halogens is 1. The summed E-state index contributed by atoms with van der Waals surface area (Å²) in [5.74, 6) is -0.523. The average molecular weight is 339 g/mol. The molecule has 0 bridgehead atoms. The standard InChI is InChI=1S/C19H18FN3O2/c1-25-18-7-6-14(11-17(18)20)12-19(24)22-16-5-2-4-15(10-16)13-23-9-3-8-21-23/h2-11H,12-13H2,1H3,(H,22,24). The molecule has 0 aliphatic heterocycles. The van der Waals surface area contributed by atoms with Crippen LogP contribution in [0.15, 0.2) is 60.9 Å². The zero-order chi connectivity index (χ0) is 17.6. The largest absolute Gasteiger partial charge is 0.494 e. The summed E-state index contributed by atoms with van der Waals surface area (Å²) >= 11 is 0. The summed E-state index contributed by atoms with van der Waals surface area (Å²) in [7, 11) is 1.40. The molecule has 1 heterocycles. The highest BCUT2D eigenvalue weighted by atomic mass is 19.1. The molecule has 1 aromatic heterocycles. The van der Waals surface area contributed by atoms with Crippen molar-refractivity contribution in [3.05, 3.63) is 77.9 Å². The summed E-state index contributed by atoms with van der Waals surface area (Å²) in [4.78, 5) is 12.2. The number of amides is 1. The van der Waals surface area contributed by atoms with E-state index in [4.69, 9.17) is 4.74 Å². The first-order valence-corrected chi connectivity index (χ1v) is 7.82. The van der Waals surface area contributed by atoms with Gasteiger partial charge in [0.25, 0.3) is 0 Å². The molecule has 25 heavy (non-hydrogen) atoms. The maximum atomic E-state index is 13.7. The zero-order valence-electron chi connectivity index (χ0n) is 13.8. The fourth-order valence-corrected chi connectivity index (χ4v) is 2.54. The predicted molar refractivity (Wildman–Crippen MR) is 93.1 cm³/mol. The molecule has 1 amide bonds. The molecule has 0 atom stereocenters. The molecule has 0 radical (unpaired) electrons. The van der Waals surface area contributed by atoms with Crippen LogP contribution in [0.25, 0.3) is 0 Å². The van der Waals surface area contributed by atoms with E-state index >= 15 is 0 Å². The topological polar surface area (TPSA) is 56.1 Å². The van der Waals surface area contributed by atoms with Crippen molar-refractivity contribution in [1.82, 2.24) is 9.78 Å². The number of rotatable bonds is 6. The number of aromatic nitrogens is 2. The van der Waals surface area contributed by atoms with Crippen molar-refractivity contribution < 1.29 is 13.9 Å². The molecule has 3 aromatic rings. The summed E-state index contributed by atoms with van der Waals surface area (Å²) in [5, 5.41) is 7.00. The van der Waals surface area contributed by atoms with E-state index in [1.807, 2.05) is 36.5 Å². The van der Waals surface area contributed by atoms with Gasteiger partial charge in [-0.25, -0.2) is 4.39 Å². The lowest BCUT2D eigenvalue weighted by atomic mass is 10.1. The Labute approximate surface area is 145 Å². The first-order valence-electron chi connectivity index (χ1n) is 7.82. The smallest absolute Gasteiger partial charge is 0.228 e. The maximum Gasteiger partial charge on any atom is 0.228 e. The molecular weight excluding hydrogens is 321 g/mol. The molecule has 0 unspecified atom stereocenters. The van der Waals surface area contributed by atoms with Crippen LogP contribution in [-0.2, 0) is 17.8 Å². The van der Waals surface area contributed by atoms with Crippen LogP contribution in [-0.4, -0.2) is 22.8 Å². The van der Waals surface area contributed by atoms with Crippen molar-refractivity contribution in [3.63, 3.8) is 0 Å². The number of hydrogen-bond donors (Lipinski definition) is 1. The highest BCUT2D eigenvalue weighted by molar-refractivity contribution is 5.92. The molecule has 5 nitrogen and oxygen atoms in total. The molecule has 0 saturated carbocycles. The SMILES string of the molecule is COc1ccc(CC(=O)Nc2cccc(Cn3cccn3)c2)cc1F. The van der Waals surface area contributed by atoms with E-state index in [1.54, 1.807) is 16.9 Å². The van der Waals surface area contributed by atoms with Crippen molar-refractivity contribution in [2.45, 2.75) is 13.0 Å². The third-order valence-electron chi connectivity index (χ3n) is 3.70. The van der Waals surface area contributed by atoms with Gasteiger partial charge in [-0.2, -0.15) is 5.10 Å². The van der Waals surface area contributed by atoms with Crippen molar-refractivity contribution in [2.75, 3.05) is 12.4 Å². The van der Waals surface area contributed by atoms with Crippen LogP contribution >= 0.6 is 0 Å². The van der Waals surface area contributed by atoms with E-state index in [-0.39, 0.29) is 18.1 Å². The summed E-state index contributed by atoms with van der Waals surface area (Å²) in [6.07, 6.45) is 3.69. The quantitative estimate of drug-likeness (QED) is 0.750. The number of nitrogens with zero attached hydrogens (tertiary/aromatic N) is 2. The van der Waals surface area contributed by atoms with Gasteiger partial charge in [0.1, 0.15) is 0 Å². The number of ether oxygens (including phenoxy) is 1. The average Bonchev–Trinajstić information content (AvgIpc) is 3.08. The lowest BCUT2D eigenvalue weighted by molar-refractivity contribution is -0.115. The predicted octanol–water partition coefficient (Wildman–Crippen LogP) is 3.26. The third-order valence-corrected chi connectivity index (χ3v) is 3.70. The number of benzene rings is 2. The Bertz CT molecular complexity index is 863. The lowest BCUT2D eigenvalue weighted by Crippen LogP contribution is -2.14. The fourth-order valence-electron chi connectivity index (χ4n) is 2.54. The highest BCUT2D eigenvalue weighted by Gasteiger charge is 2.08. The number of methoxy groups -OCH3 is 1. The Morgan fingerprint density at radius 3 is 2.80 bits per heavy atom. The van der Waals surface area contributed by atoms with Crippen LogP contribution in [0.1, 0.15) is 11.1 Å². The Morgan fingerprint density at radius 2 is 2.08 bits per heavy atom. The van der Waals surface area contributed by atoms with Gasteiger partial charge >= 0.3 is 0 Å². The first kappa shape index (κ1) is 16.7. The Balaban J connectivity index is 1.63. The number of anilines is 1. The molecule has 0 saturated heterocycles. The molecule has 0 spiro atoms. The van der Waals surface area contributed by atoms with E-state index in [1.165, 1.54) is 19.2 Å². The van der Waals surface area contributed by atoms with Crippen molar-refractivity contribution >= 4 is 11.6 Å². The zero-order valence-corrected chi connectivity index (χ0v) is 13.8. The minimum atomic E-state index is -0.478. The molecule has 0 aliphatic rings. The number of carbonyl (C=O) groups excluding carboxylic acids is 1. The number of carbonyl (C=O) groups is 1. The van der Waals surface area contributed by atoms with Crippen LogP contribution in [0.3, 0.4) is 0 Å². The Hall–Kier alpha value is -3.15. The number of hydrogen-bond acceptors (Lipinski definition) is 3. The summed E-state index contributed by atoms with van der Waals surface area (Å²) in [6, 6.07) is 13.9. The van der Waals surface area contributed by atoms with Gasteiger partial charge in [0, 0.05) is 18.1 Å². The van der Waals surface area contributed by atoms with E-state index in [0.717, 1.165) is 5.56 Å².